The summed E-state index contributed by atoms with van der Waals surface area (Å²) >= 11 is 0. The summed E-state index contributed by atoms with van der Waals surface area (Å²) in [7, 11) is 0. The molecule has 3 rings (SSSR count). The number of quaternary nitrogens is 1. The van der Waals surface area contributed by atoms with Crippen LogP contribution in [-0.2, 0) is 13.1 Å². The molecule has 0 unspecified atom stereocenters. The fourth-order valence-electron chi connectivity index (χ4n) is 3.20. The Labute approximate surface area is 141 Å². The largest absolute Gasteiger partial charge is 0.872 e. The van der Waals surface area contributed by atoms with Crippen molar-refractivity contribution in [2.24, 2.45) is 0 Å². The van der Waals surface area contributed by atoms with Gasteiger partial charge in [0, 0.05) is 25.7 Å². The molecular formula is C18H21N3O3. The van der Waals surface area contributed by atoms with Crippen molar-refractivity contribution in [3.05, 3.63) is 69.8 Å². The van der Waals surface area contributed by atoms with Gasteiger partial charge >= 0.3 is 0 Å². The molecule has 1 N–H and O–H groups in total. The van der Waals surface area contributed by atoms with Crippen LogP contribution in [0.2, 0.25) is 0 Å². The Morgan fingerprint density at radius 1 is 1.08 bits per heavy atom. The van der Waals surface area contributed by atoms with Crippen molar-refractivity contribution < 1.29 is 14.9 Å². The Morgan fingerprint density at radius 2 is 1.79 bits per heavy atom. The van der Waals surface area contributed by atoms with Gasteiger partial charge in [0.1, 0.15) is 6.54 Å². The molecule has 6 nitrogen and oxygen atoms in total. The molecule has 126 valence electrons. The molecule has 2 aromatic carbocycles. The number of hydrogen-bond acceptors (Lipinski definition) is 4. The SMILES string of the molecule is O=[N+]([O-])c1ccc([O-])cc1C[NH+]1CCN(Cc2ccccc2)CC1. The van der Waals surface area contributed by atoms with Crippen molar-refractivity contribution in [3.63, 3.8) is 0 Å². The van der Waals surface area contributed by atoms with Crippen molar-refractivity contribution in [2.75, 3.05) is 26.2 Å². The van der Waals surface area contributed by atoms with E-state index in [9.17, 15) is 15.2 Å². The van der Waals surface area contributed by atoms with Crippen LogP contribution in [-0.4, -0.2) is 36.0 Å². The number of nitrogens with zero attached hydrogens (tertiary/aromatic N) is 2. The smallest absolute Gasteiger partial charge is 0.278 e. The van der Waals surface area contributed by atoms with E-state index in [1.165, 1.54) is 28.7 Å². The third kappa shape index (κ3) is 4.10. The third-order valence-corrected chi connectivity index (χ3v) is 4.50. The van der Waals surface area contributed by atoms with E-state index < -0.39 is 4.92 Å². The normalized spacial score (nSPS) is 16.2. The van der Waals surface area contributed by atoms with Gasteiger partial charge in [0.05, 0.1) is 23.6 Å². The topological polar surface area (TPSA) is 73.9 Å². The minimum atomic E-state index is -0.403. The minimum absolute atomic E-state index is 0.0498. The Kier molecular flexibility index (Phi) is 5.08. The maximum Gasteiger partial charge on any atom is 0.278 e. The summed E-state index contributed by atoms with van der Waals surface area (Å²) in [5.74, 6) is -0.169. The Hall–Kier alpha value is -2.44. The zero-order valence-electron chi connectivity index (χ0n) is 13.5. The van der Waals surface area contributed by atoms with E-state index in [0.717, 1.165) is 32.7 Å². The maximum absolute atomic E-state index is 11.5. The van der Waals surface area contributed by atoms with E-state index >= 15 is 0 Å². The summed E-state index contributed by atoms with van der Waals surface area (Å²) in [5, 5.41) is 22.6. The van der Waals surface area contributed by atoms with Crippen LogP contribution in [0.3, 0.4) is 0 Å². The Balaban J connectivity index is 1.58. The van der Waals surface area contributed by atoms with Gasteiger partial charge in [0.15, 0.2) is 0 Å². The minimum Gasteiger partial charge on any atom is -0.872 e. The molecule has 6 heteroatoms. The first kappa shape index (κ1) is 16.4. The van der Waals surface area contributed by atoms with Gasteiger partial charge in [-0.1, -0.05) is 42.5 Å². The Bertz CT molecular complexity index is 698. The van der Waals surface area contributed by atoms with E-state index in [0.29, 0.717) is 12.1 Å². The highest BCUT2D eigenvalue weighted by atomic mass is 16.6. The summed E-state index contributed by atoms with van der Waals surface area (Å²) in [6.45, 7) is 5.22. The summed E-state index contributed by atoms with van der Waals surface area (Å²) in [5.41, 5.74) is 1.89. The number of nitro groups is 1. The van der Waals surface area contributed by atoms with Gasteiger partial charge in [0.2, 0.25) is 0 Å². The van der Waals surface area contributed by atoms with Crippen LogP contribution < -0.4 is 10.0 Å². The Morgan fingerprint density at radius 3 is 2.46 bits per heavy atom. The van der Waals surface area contributed by atoms with E-state index in [1.54, 1.807) is 0 Å². The number of rotatable bonds is 5. The number of piperazine rings is 1. The van der Waals surface area contributed by atoms with Crippen molar-refractivity contribution >= 4 is 5.69 Å². The average Bonchev–Trinajstić information content (AvgIpc) is 2.57. The molecule has 1 aliphatic heterocycles. The molecule has 24 heavy (non-hydrogen) atoms. The zero-order chi connectivity index (χ0) is 16.9. The highest BCUT2D eigenvalue weighted by molar-refractivity contribution is 5.43. The first-order chi connectivity index (χ1) is 11.6. The summed E-state index contributed by atoms with van der Waals surface area (Å²) in [4.78, 5) is 14.4. The number of hydrogen-bond donors (Lipinski definition) is 1. The molecule has 0 atom stereocenters. The predicted molar refractivity (Wildman–Crippen MR) is 88.7 cm³/mol. The lowest BCUT2D eigenvalue weighted by Crippen LogP contribution is -3.13. The molecule has 1 saturated heterocycles. The average molecular weight is 327 g/mol. The summed E-state index contributed by atoms with van der Waals surface area (Å²) in [6, 6.07) is 14.4. The molecule has 2 aromatic rings. The second-order valence-corrected chi connectivity index (χ2v) is 6.24. The van der Waals surface area contributed by atoms with Crippen molar-refractivity contribution in [3.8, 4) is 5.75 Å². The number of nitro benzene ring substituents is 1. The van der Waals surface area contributed by atoms with E-state index in [2.05, 4.69) is 17.0 Å². The van der Waals surface area contributed by atoms with Gasteiger partial charge in [-0.2, -0.15) is 0 Å². The third-order valence-electron chi connectivity index (χ3n) is 4.50. The molecular weight excluding hydrogens is 306 g/mol. The lowest BCUT2D eigenvalue weighted by molar-refractivity contribution is -0.918. The molecule has 0 amide bonds. The first-order valence-corrected chi connectivity index (χ1v) is 8.16. The fourth-order valence-corrected chi connectivity index (χ4v) is 3.20. The van der Waals surface area contributed by atoms with Crippen molar-refractivity contribution in [1.82, 2.24) is 4.90 Å². The van der Waals surface area contributed by atoms with Crippen LogP contribution in [0.25, 0.3) is 0 Å². The van der Waals surface area contributed by atoms with E-state index in [1.807, 2.05) is 18.2 Å². The van der Waals surface area contributed by atoms with Gasteiger partial charge in [0.25, 0.3) is 5.69 Å². The van der Waals surface area contributed by atoms with E-state index in [-0.39, 0.29) is 11.4 Å². The van der Waals surface area contributed by atoms with Gasteiger partial charge in [-0.3, -0.25) is 15.0 Å². The number of benzene rings is 2. The predicted octanol–water partition coefficient (Wildman–Crippen LogP) is 0.569. The van der Waals surface area contributed by atoms with Crippen LogP contribution in [0.5, 0.6) is 5.75 Å². The van der Waals surface area contributed by atoms with Gasteiger partial charge in [-0.05, 0) is 5.56 Å². The first-order valence-electron chi connectivity index (χ1n) is 8.16. The second kappa shape index (κ2) is 7.42. The quantitative estimate of drug-likeness (QED) is 0.644. The summed E-state index contributed by atoms with van der Waals surface area (Å²) < 4.78 is 0. The molecule has 1 aliphatic rings. The molecule has 0 spiro atoms. The van der Waals surface area contributed by atoms with Crippen molar-refractivity contribution in [2.45, 2.75) is 13.1 Å². The van der Waals surface area contributed by atoms with Crippen molar-refractivity contribution in [1.29, 1.82) is 0 Å². The molecule has 0 bridgehead atoms. The summed E-state index contributed by atoms with van der Waals surface area (Å²) in [6.07, 6.45) is 0. The monoisotopic (exact) mass is 327 g/mol. The van der Waals surface area contributed by atoms with Gasteiger partial charge in [-0.25, -0.2) is 0 Å². The van der Waals surface area contributed by atoms with Crippen LogP contribution >= 0.6 is 0 Å². The second-order valence-electron chi connectivity index (χ2n) is 6.24. The lowest BCUT2D eigenvalue weighted by atomic mass is 10.1. The zero-order valence-corrected chi connectivity index (χ0v) is 13.5. The molecule has 1 heterocycles. The lowest BCUT2D eigenvalue weighted by Gasteiger charge is -2.32. The molecule has 0 aromatic heterocycles. The fraction of sp³-hybridized carbons (Fsp3) is 0.333. The van der Waals surface area contributed by atoms with Crippen LogP contribution in [0.15, 0.2) is 48.5 Å². The molecule has 0 saturated carbocycles. The van der Waals surface area contributed by atoms with Crippen LogP contribution in [0.1, 0.15) is 11.1 Å². The molecule has 0 radical (unpaired) electrons. The van der Waals surface area contributed by atoms with Crippen LogP contribution in [0, 0.1) is 10.1 Å². The number of nitrogens with one attached hydrogen (secondary N) is 1. The molecule has 1 fully saturated rings. The van der Waals surface area contributed by atoms with E-state index in [4.69, 9.17) is 0 Å². The standard InChI is InChI=1S/C18H21N3O3/c22-17-6-7-18(21(23)24)16(12-17)14-20-10-8-19(9-11-20)13-15-4-2-1-3-5-15/h1-7,12,22H,8-11,13-14H2. The highest BCUT2D eigenvalue weighted by Gasteiger charge is 2.23. The van der Waals surface area contributed by atoms with Gasteiger partial charge < -0.3 is 10.0 Å². The highest BCUT2D eigenvalue weighted by Crippen LogP contribution is 2.21. The van der Waals surface area contributed by atoms with Crippen LogP contribution in [0.4, 0.5) is 5.69 Å². The van der Waals surface area contributed by atoms with Gasteiger partial charge in [-0.15, -0.1) is 5.75 Å². The maximum atomic E-state index is 11.5. The molecule has 0 aliphatic carbocycles.